The van der Waals surface area contributed by atoms with Crippen LogP contribution in [-0.4, -0.2) is 16.2 Å². The van der Waals surface area contributed by atoms with Gasteiger partial charge in [0.1, 0.15) is 5.75 Å². The standard InChI is InChI=1S/C25H30O3/c1-4-6-8-20(7-5-2)25(22-14-15-23(26)18(3)17-22)21-12-9-19(10-13-21)11-16-24(27)28/h9-17,26H,4-8H2,1-3H3,(H,27,28)/b16-11+,25-20+. The lowest BCUT2D eigenvalue weighted by Gasteiger charge is -2.17. The van der Waals surface area contributed by atoms with Gasteiger partial charge in [-0.05, 0) is 72.2 Å². The van der Waals surface area contributed by atoms with E-state index in [-0.39, 0.29) is 0 Å². The van der Waals surface area contributed by atoms with Crippen LogP contribution in [-0.2, 0) is 4.79 Å². The second-order valence-electron chi connectivity index (χ2n) is 7.13. The molecule has 3 heteroatoms. The summed E-state index contributed by atoms with van der Waals surface area (Å²) in [5, 5.41) is 18.8. The zero-order valence-electron chi connectivity index (χ0n) is 17.0. The molecule has 0 amide bonds. The third-order valence-corrected chi connectivity index (χ3v) is 4.84. The van der Waals surface area contributed by atoms with Crippen LogP contribution in [0, 0.1) is 6.92 Å². The molecule has 0 unspecified atom stereocenters. The smallest absolute Gasteiger partial charge is 0.328 e. The van der Waals surface area contributed by atoms with Crippen LogP contribution in [0.4, 0.5) is 0 Å². The number of carboxylic acid groups (broad SMARTS) is 1. The van der Waals surface area contributed by atoms with E-state index >= 15 is 0 Å². The van der Waals surface area contributed by atoms with E-state index in [4.69, 9.17) is 5.11 Å². The molecule has 0 spiro atoms. The largest absolute Gasteiger partial charge is 0.508 e. The van der Waals surface area contributed by atoms with Crippen LogP contribution in [0.5, 0.6) is 5.75 Å². The molecule has 0 saturated carbocycles. The van der Waals surface area contributed by atoms with Gasteiger partial charge in [-0.2, -0.15) is 0 Å². The Balaban J connectivity index is 2.56. The van der Waals surface area contributed by atoms with E-state index in [1.807, 2.05) is 31.2 Å². The zero-order chi connectivity index (χ0) is 20.5. The molecule has 3 nitrogen and oxygen atoms in total. The molecule has 0 bridgehead atoms. The SMILES string of the molecule is CCCC/C(CCC)=C(\c1ccc(/C=C/C(=O)O)cc1)c1ccc(O)c(C)c1. The number of phenolic OH excluding ortho intramolecular Hbond substituents is 1. The van der Waals surface area contributed by atoms with E-state index in [0.29, 0.717) is 5.75 Å². The van der Waals surface area contributed by atoms with Gasteiger partial charge >= 0.3 is 5.97 Å². The van der Waals surface area contributed by atoms with E-state index < -0.39 is 5.97 Å². The maximum atomic E-state index is 10.7. The molecule has 0 radical (unpaired) electrons. The normalized spacial score (nSPS) is 12.2. The van der Waals surface area contributed by atoms with E-state index in [9.17, 15) is 9.90 Å². The fraction of sp³-hybridized carbons (Fsp3) is 0.320. The van der Waals surface area contributed by atoms with Crippen LogP contribution < -0.4 is 0 Å². The van der Waals surface area contributed by atoms with E-state index in [1.54, 1.807) is 12.1 Å². The summed E-state index contributed by atoms with van der Waals surface area (Å²) in [6.45, 7) is 6.32. The minimum absolute atomic E-state index is 0.308. The molecule has 148 valence electrons. The van der Waals surface area contributed by atoms with Crippen molar-refractivity contribution < 1.29 is 15.0 Å². The van der Waals surface area contributed by atoms with E-state index in [2.05, 4.69) is 26.0 Å². The van der Waals surface area contributed by atoms with Crippen LogP contribution in [0.1, 0.15) is 68.2 Å². The topological polar surface area (TPSA) is 57.5 Å². The molecular weight excluding hydrogens is 348 g/mol. The lowest BCUT2D eigenvalue weighted by Crippen LogP contribution is -1.97. The van der Waals surface area contributed by atoms with Gasteiger partial charge in [-0.1, -0.05) is 62.6 Å². The summed E-state index contributed by atoms with van der Waals surface area (Å²) in [7, 11) is 0. The summed E-state index contributed by atoms with van der Waals surface area (Å²) in [6.07, 6.45) is 8.22. The Morgan fingerprint density at radius 2 is 1.64 bits per heavy atom. The quantitative estimate of drug-likeness (QED) is 0.484. The summed E-state index contributed by atoms with van der Waals surface area (Å²) < 4.78 is 0. The van der Waals surface area contributed by atoms with E-state index in [1.165, 1.54) is 11.1 Å². The number of rotatable bonds is 9. The molecule has 0 fully saturated rings. The van der Waals surface area contributed by atoms with Crippen LogP contribution in [0.25, 0.3) is 11.6 Å². The number of phenols is 1. The van der Waals surface area contributed by atoms with Gasteiger partial charge in [0.25, 0.3) is 0 Å². The molecule has 2 N–H and O–H groups in total. The molecule has 0 saturated heterocycles. The summed E-state index contributed by atoms with van der Waals surface area (Å²) in [5.74, 6) is -0.642. The second kappa shape index (κ2) is 10.5. The van der Waals surface area contributed by atoms with Gasteiger partial charge in [0.2, 0.25) is 0 Å². The maximum Gasteiger partial charge on any atom is 0.328 e. The second-order valence-corrected chi connectivity index (χ2v) is 7.13. The number of allylic oxidation sites excluding steroid dienone is 1. The van der Waals surface area contributed by atoms with Crippen LogP contribution in [0.15, 0.2) is 54.1 Å². The number of hydrogen-bond donors (Lipinski definition) is 2. The maximum absolute atomic E-state index is 10.7. The molecule has 0 atom stereocenters. The number of aromatic hydroxyl groups is 1. The summed E-state index contributed by atoms with van der Waals surface area (Å²) in [5.41, 5.74) is 6.62. The first-order valence-corrected chi connectivity index (χ1v) is 9.99. The number of benzene rings is 2. The third-order valence-electron chi connectivity index (χ3n) is 4.84. The molecule has 28 heavy (non-hydrogen) atoms. The summed E-state index contributed by atoms with van der Waals surface area (Å²) in [4.78, 5) is 10.7. The molecule has 0 aliphatic carbocycles. The Hall–Kier alpha value is -2.81. The Morgan fingerprint density at radius 1 is 0.964 bits per heavy atom. The fourth-order valence-electron chi connectivity index (χ4n) is 3.38. The number of unbranched alkanes of at least 4 members (excludes halogenated alkanes) is 1. The molecule has 0 aromatic heterocycles. The minimum Gasteiger partial charge on any atom is -0.508 e. The highest BCUT2D eigenvalue weighted by Gasteiger charge is 2.13. The predicted molar refractivity (Wildman–Crippen MR) is 116 cm³/mol. The van der Waals surface area contributed by atoms with Gasteiger partial charge in [0.15, 0.2) is 0 Å². The Morgan fingerprint density at radius 3 is 2.21 bits per heavy atom. The third kappa shape index (κ3) is 5.85. The number of aryl methyl sites for hydroxylation is 1. The Bertz CT molecular complexity index is 858. The van der Waals surface area contributed by atoms with Gasteiger partial charge in [-0.15, -0.1) is 0 Å². The summed E-state index contributed by atoms with van der Waals surface area (Å²) >= 11 is 0. The van der Waals surface area contributed by atoms with E-state index in [0.717, 1.165) is 60.4 Å². The molecule has 0 aliphatic rings. The first-order valence-electron chi connectivity index (χ1n) is 9.99. The highest BCUT2D eigenvalue weighted by atomic mass is 16.4. The Kier molecular flexibility index (Phi) is 8.06. The first-order chi connectivity index (χ1) is 13.5. The van der Waals surface area contributed by atoms with Gasteiger partial charge in [-0.3, -0.25) is 0 Å². The molecule has 0 aliphatic heterocycles. The van der Waals surface area contributed by atoms with Crippen molar-refractivity contribution in [2.75, 3.05) is 0 Å². The van der Waals surface area contributed by atoms with Crippen molar-refractivity contribution >= 4 is 17.6 Å². The average molecular weight is 379 g/mol. The van der Waals surface area contributed by atoms with Crippen molar-refractivity contribution in [2.45, 2.75) is 52.9 Å². The number of carboxylic acids is 1. The minimum atomic E-state index is -0.950. The first kappa shape index (κ1) is 21.5. The van der Waals surface area contributed by atoms with Crippen LogP contribution in [0.2, 0.25) is 0 Å². The van der Waals surface area contributed by atoms with Gasteiger partial charge in [0.05, 0.1) is 0 Å². The molecular formula is C25H30O3. The summed E-state index contributed by atoms with van der Waals surface area (Å²) in [6, 6.07) is 13.8. The average Bonchev–Trinajstić information content (AvgIpc) is 2.68. The molecule has 2 aromatic carbocycles. The lowest BCUT2D eigenvalue weighted by atomic mass is 9.87. The van der Waals surface area contributed by atoms with Gasteiger partial charge in [0, 0.05) is 6.08 Å². The van der Waals surface area contributed by atoms with Gasteiger partial charge in [-0.25, -0.2) is 4.79 Å². The molecule has 2 aromatic rings. The monoisotopic (exact) mass is 378 g/mol. The Labute approximate surface area is 168 Å². The highest BCUT2D eigenvalue weighted by molar-refractivity contribution is 5.86. The van der Waals surface area contributed by atoms with Crippen molar-refractivity contribution in [1.82, 2.24) is 0 Å². The van der Waals surface area contributed by atoms with Crippen LogP contribution >= 0.6 is 0 Å². The lowest BCUT2D eigenvalue weighted by molar-refractivity contribution is -0.131. The number of aliphatic carboxylic acids is 1. The van der Waals surface area contributed by atoms with Crippen molar-refractivity contribution in [3.8, 4) is 5.75 Å². The van der Waals surface area contributed by atoms with Gasteiger partial charge < -0.3 is 10.2 Å². The predicted octanol–water partition coefficient (Wildman–Crippen LogP) is 6.59. The highest BCUT2D eigenvalue weighted by Crippen LogP contribution is 2.34. The molecule has 0 heterocycles. The zero-order valence-corrected chi connectivity index (χ0v) is 17.0. The fourth-order valence-corrected chi connectivity index (χ4v) is 3.38. The van der Waals surface area contributed by atoms with Crippen LogP contribution in [0.3, 0.4) is 0 Å². The van der Waals surface area contributed by atoms with Crippen molar-refractivity contribution in [1.29, 1.82) is 0 Å². The number of hydrogen-bond acceptors (Lipinski definition) is 2. The number of carbonyl (C=O) groups is 1. The van der Waals surface area contributed by atoms with Crippen molar-refractivity contribution in [3.63, 3.8) is 0 Å². The molecule has 2 rings (SSSR count). The van der Waals surface area contributed by atoms with Crippen molar-refractivity contribution in [2.24, 2.45) is 0 Å². The van der Waals surface area contributed by atoms with Crippen molar-refractivity contribution in [3.05, 3.63) is 76.4 Å².